The Morgan fingerprint density at radius 3 is 3.00 bits per heavy atom. The molecule has 17 heavy (non-hydrogen) atoms. The Labute approximate surface area is 102 Å². The topological polar surface area (TPSA) is 76.5 Å². The highest BCUT2D eigenvalue weighted by molar-refractivity contribution is 7.98. The van der Waals surface area contributed by atoms with E-state index in [9.17, 15) is 4.79 Å². The van der Waals surface area contributed by atoms with Crippen molar-refractivity contribution in [1.82, 2.24) is 24.7 Å². The van der Waals surface area contributed by atoms with Gasteiger partial charge < -0.3 is 0 Å². The average Bonchev–Trinajstić information content (AvgIpc) is 2.66. The van der Waals surface area contributed by atoms with E-state index in [-0.39, 0.29) is 5.69 Å². The van der Waals surface area contributed by atoms with Gasteiger partial charge in [0.15, 0.2) is 0 Å². The molecule has 0 atom stereocenters. The van der Waals surface area contributed by atoms with E-state index >= 15 is 0 Å². The molecular formula is C10H13N5OS. The molecule has 2 rings (SSSR count). The fraction of sp³-hybridized carbons (Fsp3) is 0.400. The Kier molecular flexibility index (Phi) is 3.92. The number of nitrogens with one attached hydrogen (secondary N) is 1. The third-order valence-corrected chi connectivity index (χ3v) is 3.14. The molecule has 0 aliphatic rings. The first-order valence-electron chi connectivity index (χ1n) is 5.20. The number of aromatic amines is 1. The molecule has 0 aliphatic carbocycles. The first-order chi connectivity index (χ1) is 8.25. The third kappa shape index (κ3) is 3.42. The number of hydrogen-bond acceptors (Lipinski definition) is 5. The predicted octanol–water partition coefficient (Wildman–Crippen LogP) is 0.374. The van der Waals surface area contributed by atoms with Gasteiger partial charge in [-0.15, -0.1) is 0 Å². The molecule has 90 valence electrons. The Balaban J connectivity index is 1.75. The molecule has 0 saturated carbocycles. The first kappa shape index (κ1) is 11.8. The standard InChI is InChI=1S/C10H13N5OS/c1-15-10(16)13-9(14-15)7-17-5-2-8-6-11-3-4-12-8/h3-4,6H,2,5,7H2,1H3,(H,13,14,16). The van der Waals surface area contributed by atoms with Crippen LogP contribution < -0.4 is 5.69 Å². The highest BCUT2D eigenvalue weighted by atomic mass is 32.2. The van der Waals surface area contributed by atoms with Crippen molar-refractivity contribution in [3.05, 3.63) is 40.6 Å². The molecule has 0 aliphatic heterocycles. The maximum Gasteiger partial charge on any atom is 0.343 e. The SMILES string of the molecule is Cn1nc(CSCCc2cnccn2)[nH]c1=O. The van der Waals surface area contributed by atoms with Crippen LogP contribution in [0.2, 0.25) is 0 Å². The zero-order valence-corrected chi connectivity index (χ0v) is 10.3. The van der Waals surface area contributed by atoms with Gasteiger partial charge in [-0.05, 0) is 5.75 Å². The lowest BCUT2D eigenvalue weighted by Gasteiger charge is -1.98. The minimum atomic E-state index is -0.172. The number of rotatable bonds is 5. The molecule has 6 nitrogen and oxygen atoms in total. The summed E-state index contributed by atoms with van der Waals surface area (Å²) in [6.45, 7) is 0. The summed E-state index contributed by atoms with van der Waals surface area (Å²) in [7, 11) is 1.63. The number of nitrogens with zero attached hydrogens (tertiary/aromatic N) is 4. The van der Waals surface area contributed by atoms with Crippen LogP contribution in [0.15, 0.2) is 23.4 Å². The first-order valence-corrected chi connectivity index (χ1v) is 6.36. The van der Waals surface area contributed by atoms with E-state index in [1.54, 1.807) is 37.4 Å². The smallest absolute Gasteiger partial charge is 0.292 e. The third-order valence-electron chi connectivity index (χ3n) is 2.17. The largest absolute Gasteiger partial charge is 0.343 e. The van der Waals surface area contributed by atoms with E-state index in [1.807, 2.05) is 0 Å². The number of H-pyrrole nitrogens is 1. The Morgan fingerprint density at radius 1 is 1.47 bits per heavy atom. The summed E-state index contributed by atoms with van der Waals surface area (Å²) in [6.07, 6.45) is 5.99. The van der Waals surface area contributed by atoms with Gasteiger partial charge in [0, 0.05) is 32.1 Å². The molecule has 7 heteroatoms. The van der Waals surface area contributed by atoms with Crippen molar-refractivity contribution in [2.24, 2.45) is 7.05 Å². The second-order valence-electron chi connectivity index (χ2n) is 3.50. The maximum absolute atomic E-state index is 11.1. The van der Waals surface area contributed by atoms with Crippen LogP contribution >= 0.6 is 11.8 Å². The predicted molar refractivity (Wildman–Crippen MR) is 65.7 cm³/mol. The number of aryl methyl sites for hydroxylation is 2. The Hall–Kier alpha value is -1.63. The molecular weight excluding hydrogens is 238 g/mol. The van der Waals surface area contributed by atoms with E-state index in [0.29, 0.717) is 11.6 Å². The molecule has 0 spiro atoms. The Bertz CT molecular complexity index is 521. The van der Waals surface area contributed by atoms with Crippen molar-refractivity contribution < 1.29 is 0 Å². The number of hydrogen-bond donors (Lipinski definition) is 1. The average molecular weight is 251 g/mol. The molecule has 0 saturated heterocycles. The van der Waals surface area contributed by atoms with Crippen LogP contribution in [0, 0.1) is 0 Å². The second kappa shape index (κ2) is 5.62. The number of aromatic nitrogens is 5. The van der Waals surface area contributed by atoms with Gasteiger partial charge in [0.2, 0.25) is 0 Å². The van der Waals surface area contributed by atoms with E-state index in [4.69, 9.17) is 0 Å². The molecule has 0 bridgehead atoms. The van der Waals surface area contributed by atoms with Crippen molar-refractivity contribution in [1.29, 1.82) is 0 Å². The van der Waals surface area contributed by atoms with Gasteiger partial charge in [-0.2, -0.15) is 16.9 Å². The molecule has 0 fully saturated rings. The van der Waals surface area contributed by atoms with Gasteiger partial charge in [0.25, 0.3) is 0 Å². The van der Waals surface area contributed by atoms with Crippen LogP contribution in [0.4, 0.5) is 0 Å². The summed E-state index contributed by atoms with van der Waals surface area (Å²) >= 11 is 1.71. The summed E-state index contributed by atoms with van der Waals surface area (Å²) in [5.74, 6) is 2.34. The van der Waals surface area contributed by atoms with E-state index in [0.717, 1.165) is 17.9 Å². The van der Waals surface area contributed by atoms with Crippen molar-refractivity contribution in [3.63, 3.8) is 0 Å². The van der Waals surface area contributed by atoms with Gasteiger partial charge in [0.05, 0.1) is 11.4 Å². The van der Waals surface area contributed by atoms with Gasteiger partial charge in [0.1, 0.15) is 5.82 Å². The minimum Gasteiger partial charge on any atom is -0.292 e. The van der Waals surface area contributed by atoms with Crippen molar-refractivity contribution >= 4 is 11.8 Å². The van der Waals surface area contributed by atoms with Crippen molar-refractivity contribution in [2.45, 2.75) is 12.2 Å². The summed E-state index contributed by atoms with van der Waals surface area (Å²) in [6, 6.07) is 0. The van der Waals surface area contributed by atoms with Crippen LogP contribution in [0.5, 0.6) is 0 Å². The molecule has 0 amide bonds. The van der Waals surface area contributed by atoms with Crippen LogP contribution in [0.1, 0.15) is 11.5 Å². The fourth-order valence-corrected chi connectivity index (χ4v) is 2.15. The molecule has 0 aromatic carbocycles. The normalized spacial score (nSPS) is 10.6. The molecule has 0 radical (unpaired) electrons. The van der Waals surface area contributed by atoms with E-state index in [2.05, 4.69) is 20.1 Å². The van der Waals surface area contributed by atoms with Gasteiger partial charge in [-0.1, -0.05) is 0 Å². The van der Waals surface area contributed by atoms with Gasteiger partial charge in [-0.3, -0.25) is 15.0 Å². The summed E-state index contributed by atoms with van der Waals surface area (Å²) in [5, 5.41) is 4.05. The lowest BCUT2D eigenvalue weighted by Crippen LogP contribution is -2.13. The molecule has 1 N–H and O–H groups in total. The minimum absolute atomic E-state index is 0.172. The van der Waals surface area contributed by atoms with Crippen LogP contribution in [0.25, 0.3) is 0 Å². The van der Waals surface area contributed by atoms with Crippen molar-refractivity contribution in [3.8, 4) is 0 Å². The Morgan fingerprint density at radius 2 is 2.35 bits per heavy atom. The quantitative estimate of drug-likeness (QED) is 0.777. The highest BCUT2D eigenvalue weighted by Gasteiger charge is 2.01. The molecule has 2 heterocycles. The second-order valence-corrected chi connectivity index (χ2v) is 4.60. The van der Waals surface area contributed by atoms with Gasteiger partial charge in [-0.25, -0.2) is 9.48 Å². The highest BCUT2D eigenvalue weighted by Crippen LogP contribution is 2.08. The lowest BCUT2D eigenvalue weighted by molar-refractivity contribution is 0.727. The van der Waals surface area contributed by atoms with E-state index < -0.39 is 0 Å². The summed E-state index contributed by atoms with van der Waals surface area (Å²) in [4.78, 5) is 22.0. The van der Waals surface area contributed by atoms with Gasteiger partial charge >= 0.3 is 5.69 Å². The summed E-state index contributed by atoms with van der Waals surface area (Å²) < 4.78 is 1.30. The van der Waals surface area contributed by atoms with Crippen LogP contribution in [-0.2, 0) is 19.2 Å². The monoisotopic (exact) mass is 251 g/mol. The zero-order valence-electron chi connectivity index (χ0n) is 9.46. The van der Waals surface area contributed by atoms with Crippen LogP contribution in [-0.4, -0.2) is 30.5 Å². The lowest BCUT2D eigenvalue weighted by atomic mass is 10.4. The fourth-order valence-electron chi connectivity index (χ4n) is 1.33. The summed E-state index contributed by atoms with van der Waals surface area (Å²) in [5.41, 5.74) is 0.809. The van der Waals surface area contributed by atoms with Crippen molar-refractivity contribution in [2.75, 3.05) is 5.75 Å². The van der Waals surface area contributed by atoms with Crippen LogP contribution in [0.3, 0.4) is 0 Å². The molecule has 2 aromatic heterocycles. The molecule has 0 unspecified atom stereocenters. The molecule has 2 aromatic rings. The number of thioether (sulfide) groups is 1. The zero-order chi connectivity index (χ0) is 12.1. The maximum atomic E-state index is 11.1. The van der Waals surface area contributed by atoms with E-state index in [1.165, 1.54) is 4.68 Å².